The van der Waals surface area contributed by atoms with Crippen molar-refractivity contribution in [3.8, 4) is 0 Å². The highest BCUT2D eigenvalue weighted by Crippen LogP contribution is 2.28. The number of nitrogens with one attached hydrogen (secondary N) is 1. The number of nitrogens with zero attached hydrogens (tertiary/aromatic N) is 1. The number of rotatable bonds is 1. The molecule has 19 heavy (non-hydrogen) atoms. The van der Waals surface area contributed by atoms with Crippen molar-refractivity contribution in [2.24, 2.45) is 11.8 Å². The topological polar surface area (TPSA) is 32.3 Å². The number of carbonyl (C=O) groups is 1. The maximum atomic E-state index is 13.6. The summed E-state index contributed by atoms with van der Waals surface area (Å²) in [5.41, 5.74) is -0.164. The van der Waals surface area contributed by atoms with E-state index in [4.69, 9.17) is 0 Å². The van der Waals surface area contributed by atoms with Crippen molar-refractivity contribution in [3.05, 3.63) is 35.4 Å². The van der Waals surface area contributed by atoms with Crippen molar-refractivity contribution >= 4 is 18.3 Å². The first-order valence-corrected chi connectivity index (χ1v) is 6.11. The summed E-state index contributed by atoms with van der Waals surface area (Å²) in [6.07, 6.45) is 0. The molecule has 0 aliphatic carbocycles. The predicted molar refractivity (Wildman–Crippen MR) is 69.4 cm³/mol. The molecule has 104 valence electrons. The second-order valence-electron chi connectivity index (χ2n) is 4.99. The largest absolute Gasteiger partial charge is 0.338 e. The minimum absolute atomic E-state index is 0. The smallest absolute Gasteiger partial charge is 0.256 e. The van der Waals surface area contributed by atoms with Gasteiger partial charge in [-0.05, 0) is 24.0 Å². The standard InChI is InChI=1S/C13H14F2N2O.ClH/c14-11-3-1-2-10(12(11)15)13(18)17-6-8-4-16-5-9(8)7-17;/h1-3,8-9,16H,4-7H2;1H/t8-,9+;. The van der Waals surface area contributed by atoms with Crippen molar-refractivity contribution in [1.29, 1.82) is 0 Å². The predicted octanol–water partition coefficient (Wildman–Crippen LogP) is 1.68. The van der Waals surface area contributed by atoms with Crippen molar-refractivity contribution < 1.29 is 13.6 Å². The highest BCUT2D eigenvalue weighted by atomic mass is 35.5. The lowest BCUT2D eigenvalue weighted by atomic mass is 10.0. The zero-order chi connectivity index (χ0) is 12.7. The molecule has 0 unspecified atom stereocenters. The maximum Gasteiger partial charge on any atom is 0.256 e. The molecule has 1 aromatic rings. The number of halogens is 3. The average Bonchev–Trinajstić information content (AvgIpc) is 2.92. The number of hydrogen-bond donors (Lipinski definition) is 1. The third kappa shape index (κ3) is 2.44. The highest BCUT2D eigenvalue weighted by Gasteiger charge is 2.38. The number of likely N-dealkylation sites (tertiary alicyclic amines) is 1. The molecular weight excluding hydrogens is 274 g/mol. The lowest BCUT2D eigenvalue weighted by molar-refractivity contribution is 0.0776. The van der Waals surface area contributed by atoms with Gasteiger partial charge in [0.2, 0.25) is 0 Å². The van der Waals surface area contributed by atoms with Gasteiger partial charge in [-0.15, -0.1) is 12.4 Å². The molecule has 6 heteroatoms. The first-order chi connectivity index (χ1) is 8.66. The van der Waals surface area contributed by atoms with Gasteiger partial charge in [-0.2, -0.15) is 0 Å². The zero-order valence-corrected chi connectivity index (χ0v) is 11.1. The maximum absolute atomic E-state index is 13.6. The minimum Gasteiger partial charge on any atom is -0.338 e. The first-order valence-electron chi connectivity index (χ1n) is 6.11. The van der Waals surface area contributed by atoms with Gasteiger partial charge in [0.15, 0.2) is 11.6 Å². The Bertz CT molecular complexity index is 486. The molecule has 0 aromatic heterocycles. The molecule has 0 spiro atoms. The number of amides is 1. The average molecular weight is 289 g/mol. The molecule has 2 aliphatic heterocycles. The van der Waals surface area contributed by atoms with E-state index in [1.54, 1.807) is 4.90 Å². The van der Waals surface area contributed by atoms with Crippen molar-refractivity contribution in [3.63, 3.8) is 0 Å². The molecule has 0 bridgehead atoms. The molecule has 2 fully saturated rings. The van der Waals surface area contributed by atoms with E-state index < -0.39 is 17.5 Å². The molecule has 2 saturated heterocycles. The second kappa shape index (κ2) is 5.43. The van der Waals surface area contributed by atoms with Gasteiger partial charge < -0.3 is 10.2 Å². The van der Waals surface area contributed by atoms with E-state index in [-0.39, 0.29) is 18.0 Å². The number of carbonyl (C=O) groups excluding carboxylic acids is 1. The Morgan fingerprint density at radius 2 is 1.84 bits per heavy atom. The fraction of sp³-hybridized carbons (Fsp3) is 0.462. The third-order valence-electron chi connectivity index (χ3n) is 3.86. The normalized spacial score (nSPS) is 25.1. The van der Waals surface area contributed by atoms with Crippen LogP contribution in [0.5, 0.6) is 0 Å². The molecule has 0 saturated carbocycles. The van der Waals surface area contributed by atoms with Gasteiger partial charge in [-0.3, -0.25) is 4.79 Å². The van der Waals surface area contributed by atoms with E-state index in [0.717, 1.165) is 19.2 Å². The third-order valence-corrected chi connectivity index (χ3v) is 3.86. The Balaban J connectivity index is 0.00000133. The van der Waals surface area contributed by atoms with Crippen molar-refractivity contribution in [2.75, 3.05) is 26.2 Å². The molecule has 3 rings (SSSR count). The Morgan fingerprint density at radius 3 is 2.47 bits per heavy atom. The van der Waals surface area contributed by atoms with Crippen LogP contribution in [-0.4, -0.2) is 37.0 Å². The van der Waals surface area contributed by atoms with Gasteiger partial charge in [-0.25, -0.2) is 8.78 Å². The van der Waals surface area contributed by atoms with E-state index in [0.29, 0.717) is 24.9 Å². The number of hydrogen-bond acceptors (Lipinski definition) is 2. The van der Waals surface area contributed by atoms with Gasteiger partial charge >= 0.3 is 0 Å². The van der Waals surface area contributed by atoms with Crippen LogP contribution in [0.4, 0.5) is 8.78 Å². The highest BCUT2D eigenvalue weighted by molar-refractivity contribution is 5.94. The fourth-order valence-electron chi connectivity index (χ4n) is 2.86. The van der Waals surface area contributed by atoms with Crippen LogP contribution >= 0.6 is 12.4 Å². The summed E-state index contributed by atoms with van der Waals surface area (Å²) >= 11 is 0. The van der Waals surface area contributed by atoms with Crippen LogP contribution in [0.25, 0.3) is 0 Å². The molecule has 3 nitrogen and oxygen atoms in total. The lowest BCUT2D eigenvalue weighted by Gasteiger charge is -2.17. The lowest BCUT2D eigenvalue weighted by Crippen LogP contribution is -2.32. The Hall–Kier alpha value is -1.20. The van der Waals surface area contributed by atoms with Crippen LogP contribution < -0.4 is 5.32 Å². The fourth-order valence-corrected chi connectivity index (χ4v) is 2.86. The summed E-state index contributed by atoms with van der Waals surface area (Å²) in [7, 11) is 0. The van der Waals surface area contributed by atoms with Gasteiger partial charge in [0, 0.05) is 26.2 Å². The van der Waals surface area contributed by atoms with Gasteiger partial charge in [-0.1, -0.05) is 6.07 Å². The van der Waals surface area contributed by atoms with Gasteiger partial charge in [0.25, 0.3) is 5.91 Å². The van der Waals surface area contributed by atoms with Crippen LogP contribution in [0, 0.1) is 23.5 Å². The molecule has 0 radical (unpaired) electrons. The van der Waals surface area contributed by atoms with Crippen molar-refractivity contribution in [1.82, 2.24) is 10.2 Å². The summed E-state index contributed by atoms with van der Waals surface area (Å²) in [6, 6.07) is 3.73. The number of fused-ring (bicyclic) bond motifs is 1. The molecule has 1 N–H and O–H groups in total. The van der Waals surface area contributed by atoms with Gasteiger partial charge in [0.1, 0.15) is 0 Å². The molecule has 2 aliphatic rings. The summed E-state index contributed by atoms with van der Waals surface area (Å²) in [6.45, 7) is 3.07. The summed E-state index contributed by atoms with van der Waals surface area (Å²) in [4.78, 5) is 13.8. The van der Waals surface area contributed by atoms with Crippen molar-refractivity contribution in [2.45, 2.75) is 0 Å². The number of benzene rings is 1. The van der Waals surface area contributed by atoms with E-state index in [2.05, 4.69) is 5.32 Å². The van der Waals surface area contributed by atoms with E-state index in [1.165, 1.54) is 12.1 Å². The zero-order valence-electron chi connectivity index (χ0n) is 10.2. The summed E-state index contributed by atoms with van der Waals surface area (Å²) in [5.74, 6) is -1.52. The molecule has 2 heterocycles. The van der Waals surface area contributed by atoms with Crippen LogP contribution in [0.1, 0.15) is 10.4 Å². The van der Waals surface area contributed by atoms with Crippen LogP contribution in [0.3, 0.4) is 0 Å². The molecular formula is C13H15ClF2N2O. The quantitative estimate of drug-likeness (QED) is 0.853. The van der Waals surface area contributed by atoms with Crippen LogP contribution in [-0.2, 0) is 0 Å². The Morgan fingerprint density at radius 1 is 1.21 bits per heavy atom. The molecule has 2 atom stereocenters. The van der Waals surface area contributed by atoms with Crippen LogP contribution in [0.15, 0.2) is 18.2 Å². The monoisotopic (exact) mass is 288 g/mol. The minimum atomic E-state index is -1.04. The Labute approximate surface area is 116 Å². The molecule has 1 amide bonds. The SMILES string of the molecule is Cl.O=C(c1cccc(F)c1F)N1C[C@H]2CNC[C@H]2C1. The van der Waals surface area contributed by atoms with Gasteiger partial charge in [0.05, 0.1) is 5.56 Å². The summed E-state index contributed by atoms with van der Waals surface area (Å²) < 4.78 is 26.7. The van der Waals surface area contributed by atoms with E-state index in [1.807, 2.05) is 0 Å². The Kier molecular flexibility index (Phi) is 4.06. The molecule has 1 aromatic carbocycles. The van der Waals surface area contributed by atoms with E-state index in [9.17, 15) is 13.6 Å². The first kappa shape index (κ1) is 14.2. The van der Waals surface area contributed by atoms with Crippen LogP contribution in [0.2, 0.25) is 0 Å². The summed E-state index contributed by atoms with van der Waals surface area (Å²) in [5, 5.41) is 3.27. The van der Waals surface area contributed by atoms with E-state index >= 15 is 0 Å². The second-order valence-corrected chi connectivity index (χ2v) is 4.99.